The van der Waals surface area contributed by atoms with Crippen LogP contribution in [0.1, 0.15) is 16.5 Å². The van der Waals surface area contributed by atoms with Crippen molar-refractivity contribution in [2.75, 3.05) is 19.7 Å². The zero-order valence-electron chi connectivity index (χ0n) is 7.17. The van der Waals surface area contributed by atoms with E-state index in [4.69, 9.17) is 4.74 Å². The zero-order chi connectivity index (χ0) is 8.39. The maximum Gasteiger partial charge on any atom is 0.0960 e. The first-order chi connectivity index (χ1) is 5.88. The van der Waals surface area contributed by atoms with E-state index < -0.39 is 0 Å². The van der Waals surface area contributed by atoms with Gasteiger partial charge in [-0.2, -0.15) is 0 Å². The third kappa shape index (κ3) is 1.53. The van der Waals surface area contributed by atoms with E-state index in [1.54, 1.807) is 11.3 Å². The zero-order valence-corrected chi connectivity index (χ0v) is 7.99. The maximum atomic E-state index is 5.65. The molecule has 1 N–H and O–H groups in total. The number of rotatable bonds is 1. The van der Waals surface area contributed by atoms with Crippen LogP contribution < -0.4 is 5.32 Å². The molecule has 0 saturated carbocycles. The van der Waals surface area contributed by atoms with Crippen molar-refractivity contribution in [2.45, 2.75) is 13.0 Å². The fraction of sp³-hybridized carbons (Fsp3) is 0.556. The van der Waals surface area contributed by atoms with Crippen LogP contribution >= 0.6 is 11.3 Å². The first-order valence-electron chi connectivity index (χ1n) is 4.24. The summed E-state index contributed by atoms with van der Waals surface area (Å²) in [4.78, 5) is 1.38. The predicted molar refractivity (Wildman–Crippen MR) is 50.6 cm³/mol. The molecule has 1 fully saturated rings. The molecule has 1 aromatic heterocycles. The van der Waals surface area contributed by atoms with E-state index in [0.29, 0.717) is 0 Å². The molecule has 1 aliphatic heterocycles. The van der Waals surface area contributed by atoms with Crippen molar-refractivity contribution in [3.8, 4) is 0 Å². The Labute approximate surface area is 76.6 Å². The standard InChI is InChI=1S/C9H13NOS/c1-7-8(2-5-12-7)9-6-10-3-4-11-9/h2,5,9-10H,3-4,6H2,1H3. The van der Waals surface area contributed by atoms with Crippen molar-refractivity contribution < 1.29 is 4.74 Å². The molecule has 2 heterocycles. The third-order valence-electron chi connectivity index (χ3n) is 2.17. The van der Waals surface area contributed by atoms with Gasteiger partial charge in [0.25, 0.3) is 0 Å². The summed E-state index contributed by atoms with van der Waals surface area (Å²) in [5, 5.41) is 5.46. The Kier molecular flexibility index (Phi) is 2.44. The first-order valence-corrected chi connectivity index (χ1v) is 5.12. The molecule has 3 heteroatoms. The predicted octanol–water partition coefficient (Wildman–Crippen LogP) is 1.72. The summed E-state index contributed by atoms with van der Waals surface area (Å²) in [6, 6.07) is 2.16. The van der Waals surface area contributed by atoms with Gasteiger partial charge >= 0.3 is 0 Å². The summed E-state index contributed by atoms with van der Waals surface area (Å²) in [5.74, 6) is 0. The summed E-state index contributed by atoms with van der Waals surface area (Å²) in [7, 11) is 0. The Bertz CT molecular complexity index is 253. The summed E-state index contributed by atoms with van der Waals surface area (Å²) in [6.45, 7) is 4.93. The molecule has 0 aliphatic carbocycles. The quantitative estimate of drug-likeness (QED) is 0.715. The Hall–Kier alpha value is -0.380. The minimum atomic E-state index is 0.282. The Morgan fingerprint density at radius 3 is 3.17 bits per heavy atom. The Balaban J connectivity index is 2.13. The van der Waals surface area contributed by atoms with Crippen LogP contribution in [-0.4, -0.2) is 19.7 Å². The highest BCUT2D eigenvalue weighted by Gasteiger charge is 2.17. The van der Waals surface area contributed by atoms with Crippen LogP contribution in [0.5, 0.6) is 0 Å². The van der Waals surface area contributed by atoms with E-state index in [-0.39, 0.29) is 6.10 Å². The summed E-state index contributed by atoms with van der Waals surface area (Å²) in [6.07, 6.45) is 0.282. The van der Waals surface area contributed by atoms with Gasteiger partial charge in [-0.25, -0.2) is 0 Å². The monoisotopic (exact) mass is 183 g/mol. The van der Waals surface area contributed by atoms with Crippen LogP contribution in [-0.2, 0) is 4.74 Å². The van der Waals surface area contributed by atoms with Crippen molar-refractivity contribution in [1.82, 2.24) is 5.32 Å². The van der Waals surface area contributed by atoms with E-state index in [1.807, 2.05) is 0 Å². The van der Waals surface area contributed by atoms with Gasteiger partial charge in [-0.3, -0.25) is 0 Å². The molecule has 1 aliphatic rings. The molecular weight excluding hydrogens is 170 g/mol. The molecule has 2 nitrogen and oxygen atoms in total. The minimum Gasteiger partial charge on any atom is -0.371 e. The van der Waals surface area contributed by atoms with Gasteiger partial charge in [0, 0.05) is 18.0 Å². The van der Waals surface area contributed by atoms with Gasteiger partial charge < -0.3 is 10.1 Å². The van der Waals surface area contributed by atoms with E-state index in [0.717, 1.165) is 19.7 Å². The SMILES string of the molecule is Cc1sccc1C1CNCCO1. The number of thiophene rings is 1. The summed E-state index contributed by atoms with van der Waals surface area (Å²) < 4.78 is 5.65. The van der Waals surface area contributed by atoms with Gasteiger partial charge in [0.05, 0.1) is 12.7 Å². The second-order valence-electron chi connectivity index (χ2n) is 3.00. The van der Waals surface area contributed by atoms with Crippen molar-refractivity contribution in [3.05, 3.63) is 21.9 Å². The molecule has 0 radical (unpaired) electrons. The van der Waals surface area contributed by atoms with Crippen LogP contribution in [0.2, 0.25) is 0 Å². The fourth-order valence-electron chi connectivity index (χ4n) is 1.49. The van der Waals surface area contributed by atoms with E-state index >= 15 is 0 Å². The van der Waals surface area contributed by atoms with Gasteiger partial charge in [-0.15, -0.1) is 11.3 Å². The van der Waals surface area contributed by atoms with Crippen molar-refractivity contribution in [3.63, 3.8) is 0 Å². The maximum absolute atomic E-state index is 5.65. The van der Waals surface area contributed by atoms with Crippen molar-refractivity contribution in [2.24, 2.45) is 0 Å². The van der Waals surface area contributed by atoms with Gasteiger partial charge in [0.1, 0.15) is 0 Å². The second-order valence-corrected chi connectivity index (χ2v) is 4.12. The average Bonchev–Trinajstić information content (AvgIpc) is 2.53. The van der Waals surface area contributed by atoms with Crippen LogP contribution in [0.25, 0.3) is 0 Å². The van der Waals surface area contributed by atoms with Gasteiger partial charge in [-0.05, 0) is 23.9 Å². The number of ether oxygens (including phenoxy) is 1. The lowest BCUT2D eigenvalue weighted by Crippen LogP contribution is -2.33. The molecule has 1 aromatic rings. The third-order valence-corrected chi connectivity index (χ3v) is 3.03. The molecule has 66 valence electrons. The molecule has 1 unspecified atom stereocenters. The molecule has 12 heavy (non-hydrogen) atoms. The number of morpholine rings is 1. The average molecular weight is 183 g/mol. The molecule has 1 atom stereocenters. The van der Waals surface area contributed by atoms with Crippen LogP contribution in [0.3, 0.4) is 0 Å². The Morgan fingerprint density at radius 2 is 2.58 bits per heavy atom. The lowest BCUT2D eigenvalue weighted by atomic mass is 10.1. The highest BCUT2D eigenvalue weighted by Crippen LogP contribution is 2.25. The lowest BCUT2D eigenvalue weighted by molar-refractivity contribution is 0.0276. The molecule has 0 bridgehead atoms. The minimum absolute atomic E-state index is 0.282. The van der Waals surface area contributed by atoms with Gasteiger partial charge in [0.2, 0.25) is 0 Å². The summed E-state index contributed by atoms with van der Waals surface area (Å²) in [5.41, 5.74) is 1.35. The summed E-state index contributed by atoms with van der Waals surface area (Å²) >= 11 is 1.79. The van der Waals surface area contributed by atoms with Crippen molar-refractivity contribution >= 4 is 11.3 Å². The Morgan fingerprint density at radius 1 is 1.67 bits per heavy atom. The highest BCUT2D eigenvalue weighted by atomic mass is 32.1. The van der Waals surface area contributed by atoms with Crippen LogP contribution in [0.15, 0.2) is 11.4 Å². The lowest BCUT2D eigenvalue weighted by Gasteiger charge is -2.23. The van der Waals surface area contributed by atoms with Gasteiger partial charge in [0.15, 0.2) is 0 Å². The normalized spacial score (nSPS) is 24.2. The topological polar surface area (TPSA) is 21.3 Å². The van der Waals surface area contributed by atoms with E-state index in [1.165, 1.54) is 10.4 Å². The molecule has 0 spiro atoms. The largest absolute Gasteiger partial charge is 0.371 e. The molecule has 0 amide bonds. The molecule has 1 saturated heterocycles. The van der Waals surface area contributed by atoms with Crippen molar-refractivity contribution in [1.29, 1.82) is 0 Å². The number of hydrogen-bond acceptors (Lipinski definition) is 3. The van der Waals surface area contributed by atoms with Crippen LogP contribution in [0, 0.1) is 6.92 Å². The molecular formula is C9H13NOS. The molecule has 2 rings (SSSR count). The smallest absolute Gasteiger partial charge is 0.0960 e. The van der Waals surface area contributed by atoms with E-state index in [9.17, 15) is 0 Å². The first kappa shape index (κ1) is 8.23. The highest BCUT2D eigenvalue weighted by molar-refractivity contribution is 7.10. The van der Waals surface area contributed by atoms with Gasteiger partial charge in [-0.1, -0.05) is 0 Å². The van der Waals surface area contributed by atoms with E-state index in [2.05, 4.69) is 23.7 Å². The van der Waals surface area contributed by atoms with Crippen LogP contribution in [0.4, 0.5) is 0 Å². The fourth-order valence-corrected chi connectivity index (χ4v) is 2.25. The number of nitrogens with one attached hydrogen (secondary N) is 1. The molecule has 0 aromatic carbocycles. The second kappa shape index (κ2) is 3.56. The number of hydrogen-bond donors (Lipinski definition) is 1. The number of aryl methyl sites for hydroxylation is 1.